The van der Waals surface area contributed by atoms with E-state index in [9.17, 15) is 8.42 Å². The molecular formula is C11H14ClN3O2S2. The maximum atomic E-state index is 12.3. The number of aromatic amines is 1. The van der Waals surface area contributed by atoms with Crippen molar-refractivity contribution in [1.82, 2.24) is 14.7 Å². The summed E-state index contributed by atoms with van der Waals surface area (Å²) in [5.74, 6) is 0.602. The monoisotopic (exact) mass is 319 g/mol. The predicted molar refractivity (Wildman–Crippen MR) is 76.0 cm³/mol. The van der Waals surface area contributed by atoms with Gasteiger partial charge < -0.3 is 4.98 Å². The average Bonchev–Trinajstić information content (AvgIpc) is 2.98. The van der Waals surface area contributed by atoms with E-state index in [1.807, 2.05) is 6.92 Å². The smallest absolute Gasteiger partial charge is 0.250 e. The number of aryl methyl sites for hydroxylation is 1. The van der Waals surface area contributed by atoms with Gasteiger partial charge in [0.1, 0.15) is 10.0 Å². The normalized spacial score (nSPS) is 13.6. The number of thiophene rings is 1. The highest BCUT2D eigenvalue weighted by Crippen LogP contribution is 2.30. The van der Waals surface area contributed by atoms with Gasteiger partial charge in [-0.1, -0.05) is 18.5 Å². The molecule has 19 heavy (non-hydrogen) atoms. The van der Waals surface area contributed by atoms with E-state index < -0.39 is 10.0 Å². The number of rotatable bonds is 5. The molecular weight excluding hydrogens is 306 g/mol. The molecule has 1 atom stereocenters. The zero-order valence-corrected chi connectivity index (χ0v) is 12.9. The van der Waals surface area contributed by atoms with Crippen LogP contribution in [0.4, 0.5) is 0 Å². The summed E-state index contributed by atoms with van der Waals surface area (Å²) >= 11 is 6.97. The van der Waals surface area contributed by atoms with Gasteiger partial charge in [0.25, 0.3) is 10.0 Å². The van der Waals surface area contributed by atoms with Gasteiger partial charge in [-0.15, -0.1) is 11.3 Å². The Morgan fingerprint density at radius 3 is 2.79 bits per heavy atom. The molecule has 0 amide bonds. The van der Waals surface area contributed by atoms with E-state index in [-0.39, 0.29) is 10.3 Å². The molecule has 1 unspecified atom stereocenters. The second-order valence-corrected chi connectivity index (χ2v) is 7.67. The van der Waals surface area contributed by atoms with Gasteiger partial charge in [-0.25, -0.2) is 13.4 Å². The number of H-pyrrole nitrogens is 1. The number of hydrogen-bond donors (Lipinski definition) is 2. The highest BCUT2D eigenvalue weighted by atomic mass is 35.5. The summed E-state index contributed by atoms with van der Waals surface area (Å²) in [5.41, 5.74) is 0.762. The van der Waals surface area contributed by atoms with E-state index in [0.717, 1.165) is 16.9 Å². The van der Waals surface area contributed by atoms with Crippen LogP contribution in [0.5, 0.6) is 0 Å². The molecule has 0 fully saturated rings. The van der Waals surface area contributed by atoms with Crippen LogP contribution in [-0.4, -0.2) is 18.4 Å². The van der Waals surface area contributed by atoms with E-state index in [4.69, 9.17) is 11.6 Å². The molecule has 0 bridgehead atoms. The molecule has 0 saturated carbocycles. The third-order valence-corrected chi connectivity index (χ3v) is 6.15. The predicted octanol–water partition coefficient (Wildman–Crippen LogP) is 2.86. The number of nitrogens with zero attached hydrogens (tertiary/aromatic N) is 1. The molecule has 0 aromatic carbocycles. The Labute approximate surface area is 121 Å². The summed E-state index contributed by atoms with van der Waals surface area (Å²) < 4.78 is 27.9. The third kappa shape index (κ3) is 3.17. The van der Waals surface area contributed by atoms with Crippen LogP contribution in [0, 0.1) is 6.92 Å². The maximum Gasteiger partial charge on any atom is 0.250 e. The van der Waals surface area contributed by atoms with Gasteiger partial charge in [0.05, 0.1) is 10.4 Å². The second kappa shape index (κ2) is 5.62. The lowest BCUT2D eigenvalue weighted by molar-refractivity contribution is 0.541. The fraction of sp³-hybridized carbons (Fsp3) is 0.364. The van der Waals surface area contributed by atoms with Crippen LogP contribution < -0.4 is 4.72 Å². The summed E-state index contributed by atoms with van der Waals surface area (Å²) in [7, 11) is -3.58. The van der Waals surface area contributed by atoms with E-state index in [2.05, 4.69) is 14.7 Å². The van der Waals surface area contributed by atoms with Crippen molar-refractivity contribution in [3.63, 3.8) is 0 Å². The Balaban J connectivity index is 2.25. The standard InChI is InChI=1S/C11H14ClN3O2S2/c1-3-8(11-13-4-5-14-11)15-19(16,17)9-6-7(2)10(12)18-9/h4-6,8,15H,3H2,1-2H3,(H,13,14). The number of imidazole rings is 1. The van der Waals surface area contributed by atoms with Crippen molar-refractivity contribution in [3.05, 3.63) is 34.2 Å². The Kier molecular flexibility index (Phi) is 4.29. The summed E-state index contributed by atoms with van der Waals surface area (Å²) in [6.07, 6.45) is 3.86. The number of sulfonamides is 1. The fourth-order valence-electron chi connectivity index (χ4n) is 1.61. The number of aromatic nitrogens is 2. The number of nitrogens with one attached hydrogen (secondary N) is 2. The van der Waals surface area contributed by atoms with Gasteiger partial charge in [-0.05, 0) is 25.0 Å². The summed E-state index contributed by atoms with van der Waals surface area (Å²) in [6.45, 7) is 3.67. The highest BCUT2D eigenvalue weighted by Gasteiger charge is 2.24. The first-order valence-electron chi connectivity index (χ1n) is 5.71. The molecule has 0 radical (unpaired) electrons. The second-order valence-electron chi connectivity index (χ2n) is 4.08. The Hall–Kier alpha value is -0.890. The Morgan fingerprint density at radius 1 is 1.58 bits per heavy atom. The van der Waals surface area contributed by atoms with Gasteiger partial charge in [0.2, 0.25) is 0 Å². The van der Waals surface area contributed by atoms with Crippen molar-refractivity contribution in [2.75, 3.05) is 0 Å². The first-order valence-corrected chi connectivity index (χ1v) is 8.39. The van der Waals surface area contributed by atoms with Crippen molar-refractivity contribution in [1.29, 1.82) is 0 Å². The van der Waals surface area contributed by atoms with Crippen LogP contribution in [0.2, 0.25) is 4.34 Å². The third-order valence-electron chi connectivity index (χ3n) is 2.65. The van der Waals surface area contributed by atoms with Crippen molar-refractivity contribution < 1.29 is 8.42 Å². The van der Waals surface area contributed by atoms with Gasteiger partial charge >= 0.3 is 0 Å². The van der Waals surface area contributed by atoms with E-state index in [0.29, 0.717) is 16.6 Å². The topological polar surface area (TPSA) is 74.8 Å². The van der Waals surface area contributed by atoms with E-state index in [1.54, 1.807) is 25.4 Å². The van der Waals surface area contributed by atoms with Crippen molar-refractivity contribution >= 4 is 33.0 Å². The van der Waals surface area contributed by atoms with Gasteiger partial charge in [-0.2, -0.15) is 4.72 Å². The first-order chi connectivity index (χ1) is 8.94. The van der Waals surface area contributed by atoms with Crippen LogP contribution in [-0.2, 0) is 10.0 Å². The maximum absolute atomic E-state index is 12.3. The van der Waals surface area contributed by atoms with Crippen LogP contribution in [0.25, 0.3) is 0 Å². The molecule has 2 rings (SSSR count). The molecule has 0 aliphatic heterocycles. The Morgan fingerprint density at radius 2 is 2.32 bits per heavy atom. The van der Waals surface area contributed by atoms with Crippen LogP contribution in [0.1, 0.15) is 30.8 Å². The zero-order chi connectivity index (χ0) is 14.0. The lowest BCUT2D eigenvalue weighted by Gasteiger charge is -2.13. The molecule has 2 aromatic heterocycles. The molecule has 0 saturated heterocycles. The highest BCUT2D eigenvalue weighted by molar-refractivity contribution is 7.91. The average molecular weight is 320 g/mol. The number of halogens is 1. The molecule has 0 aliphatic carbocycles. The van der Waals surface area contributed by atoms with E-state index >= 15 is 0 Å². The summed E-state index contributed by atoms with van der Waals surface area (Å²) in [5, 5.41) is 0. The van der Waals surface area contributed by atoms with Crippen molar-refractivity contribution in [3.8, 4) is 0 Å². The SMILES string of the molecule is CCC(NS(=O)(=O)c1cc(C)c(Cl)s1)c1ncc[nH]1. The van der Waals surface area contributed by atoms with Crippen molar-refractivity contribution in [2.45, 2.75) is 30.5 Å². The first kappa shape index (κ1) is 14.5. The molecule has 2 heterocycles. The van der Waals surface area contributed by atoms with Gasteiger partial charge in [0.15, 0.2) is 0 Å². The van der Waals surface area contributed by atoms with Gasteiger partial charge in [-0.3, -0.25) is 0 Å². The molecule has 2 N–H and O–H groups in total. The molecule has 2 aromatic rings. The fourth-order valence-corrected chi connectivity index (χ4v) is 4.62. The minimum absolute atomic E-state index is 0.222. The minimum Gasteiger partial charge on any atom is -0.347 e. The molecule has 104 valence electrons. The lowest BCUT2D eigenvalue weighted by Crippen LogP contribution is -2.28. The van der Waals surface area contributed by atoms with Crippen LogP contribution in [0.3, 0.4) is 0 Å². The van der Waals surface area contributed by atoms with Gasteiger partial charge in [0, 0.05) is 12.4 Å². The van der Waals surface area contributed by atoms with Crippen molar-refractivity contribution in [2.24, 2.45) is 0 Å². The summed E-state index contributed by atoms with van der Waals surface area (Å²) in [6, 6.07) is 1.20. The zero-order valence-electron chi connectivity index (χ0n) is 10.5. The minimum atomic E-state index is -3.58. The Bertz CT molecular complexity index is 630. The number of hydrogen-bond acceptors (Lipinski definition) is 4. The largest absolute Gasteiger partial charge is 0.347 e. The lowest BCUT2D eigenvalue weighted by atomic mass is 10.2. The van der Waals surface area contributed by atoms with Crippen LogP contribution in [0.15, 0.2) is 22.7 Å². The summed E-state index contributed by atoms with van der Waals surface area (Å²) in [4.78, 5) is 7.00. The van der Waals surface area contributed by atoms with Crippen LogP contribution >= 0.6 is 22.9 Å². The molecule has 0 aliphatic rings. The quantitative estimate of drug-likeness (QED) is 0.889. The van der Waals surface area contributed by atoms with E-state index in [1.165, 1.54) is 0 Å². The molecule has 5 nitrogen and oxygen atoms in total. The molecule has 8 heteroatoms. The molecule has 0 spiro atoms.